The third-order valence-corrected chi connectivity index (χ3v) is 3.88. The normalized spacial score (nSPS) is 10.8. The summed E-state index contributed by atoms with van der Waals surface area (Å²) < 4.78 is 0. The fourth-order valence-corrected chi connectivity index (χ4v) is 2.76. The molecular formula is C16H13Cl2N3. The number of aromatic amines is 1. The van der Waals surface area contributed by atoms with E-state index in [9.17, 15) is 0 Å². The molecule has 0 aliphatic carbocycles. The molecule has 21 heavy (non-hydrogen) atoms. The van der Waals surface area contributed by atoms with E-state index in [1.807, 2.05) is 37.3 Å². The average molecular weight is 318 g/mol. The van der Waals surface area contributed by atoms with Crippen LogP contribution in [0.1, 0.15) is 5.56 Å². The second-order valence-electron chi connectivity index (χ2n) is 4.85. The number of hydrogen-bond donors (Lipinski definition) is 2. The molecule has 5 heteroatoms. The van der Waals surface area contributed by atoms with Gasteiger partial charge < -0.3 is 5.73 Å². The summed E-state index contributed by atoms with van der Waals surface area (Å²) in [5.41, 5.74) is 10.7. The highest BCUT2D eigenvalue weighted by Crippen LogP contribution is 2.38. The number of nitrogen functional groups attached to an aromatic ring is 1. The summed E-state index contributed by atoms with van der Waals surface area (Å²) in [7, 11) is 0. The minimum atomic E-state index is 0.444. The van der Waals surface area contributed by atoms with Crippen molar-refractivity contribution in [3.63, 3.8) is 0 Å². The highest BCUT2D eigenvalue weighted by Gasteiger charge is 2.16. The molecule has 0 aliphatic rings. The van der Waals surface area contributed by atoms with Crippen molar-refractivity contribution in [1.29, 1.82) is 0 Å². The minimum Gasteiger partial charge on any atom is -0.382 e. The Labute approximate surface area is 132 Å². The van der Waals surface area contributed by atoms with Crippen LogP contribution in [0.15, 0.2) is 42.5 Å². The van der Waals surface area contributed by atoms with E-state index >= 15 is 0 Å². The number of hydrogen-bond acceptors (Lipinski definition) is 2. The molecule has 0 atom stereocenters. The van der Waals surface area contributed by atoms with Gasteiger partial charge in [0.25, 0.3) is 0 Å². The molecule has 3 aromatic rings. The number of halogens is 2. The van der Waals surface area contributed by atoms with E-state index in [-0.39, 0.29) is 0 Å². The van der Waals surface area contributed by atoms with Crippen molar-refractivity contribution in [2.45, 2.75) is 6.92 Å². The summed E-state index contributed by atoms with van der Waals surface area (Å²) >= 11 is 12.2. The summed E-state index contributed by atoms with van der Waals surface area (Å²) in [4.78, 5) is 0. The number of benzene rings is 2. The highest BCUT2D eigenvalue weighted by molar-refractivity contribution is 6.36. The van der Waals surface area contributed by atoms with Gasteiger partial charge in [-0.1, -0.05) is 53.0 Å². The van der Waals surface area contributed by atoms with Crippen LogP contribution in [-0.4, -0.2) is 10.2 Å². The van der Waals surface area contributed by atoms with Gasteiger partial charge in [-0.25, -0.2) is 0 Å². The Morgan fingerprint density at radius 3 is 2.43 bits per heavy atom. The number of anilines is 1. The molecule has 2 aromatic carbocycles. The van der Waals surface area contributed by atoms with Crippen LogP contribution in [0.5, 0.6) is 0 Å². The van der Waals surface area contributed by atoms with Crippen LogP contribution in [0.4, 0.5) is 5.82 Å². The Balaban J connectivity index is 2.19. The largest absolute Gasteiger partial charge is 0.382 e. The lowest BCUT2D eigenvalue weighted by atomic mass is 10.00. The first kappa shape index (κ1) is 14.0. The van der Waals surface area contributed by atoms with Crippen molar-refractivity contribution >= 4 is 29.0 Å². The topological polar surface area (TPSA) is 54.7 Å². The van der Waals surface area contributed by atoms with Crippen molar-refractivity contribution in [3.8, 4) is 22.4 Å². The Kier molecular flexibility index (Phi) is 3.62. The van der Waals surface area contributed by atoms with Crippen LogP contribution in [0, 0.1) is 6.92 Å². The van der Waals surface area contributed by atoms with Crippen molar-refractivity contribution < 1.29 is 0 Å². The Bertz CT molecular complexity index is 792. The zero-order valence-corrected chi connectivity index (χ0v) is 12.8. The van der Waals surface area contributed by atoms with E-state index in [2.05, 4.69) is 10.2 Å². The predicted octanol–water partition coefficient (Wildman–Crippen LogP) is 4.94. The zero-order chi connectivity index (χ0) is 15.0. The molecule has 0 radical (unpaired) electrons. The van der Waals surface area contributed by atoms with Gasteiger partial charge in [-0.2, -0.15) is 5.10 Å². The number of aryl methyl sites for hydroxylation is 1. The lowest BCUT2D eigenvalue weighted by Crippen LogP contribution is -1.89. The number of nitrogens with zero attached hydrogens (tertiary/aromatic N) is 1. The van der Waals surface area contributed by atoms with Crippen molar-refractivity contribution in [3.05, 3.63) is 58.1 Å². The van der Waals surface area contributed by atoms with Gasteiger partial charge in [0.1, 0.15) is 0 Å². The first-order valence-corrected chi connectivity index (χ1v) is 7.18. The molecule has 0 amide bonds. The van der Waals surface area contributed by atoms with Crippen molar-refractivity contribution in [2.75, 3.05) is 5.73 Å². The predicted molar refractivity (Wildman–Crippen MR) is 88.6 cm³/mol. The number of nitrogens with two attached hydrogens (primary N) is 1. The molecule has 0 unspecified atom stereocenters. The van der Waals surface area contributed by atoms with Gasteiger partial charge in [-0.3, -0.25) is 5.10 Å². The first-order valence-electron chi connectivity index (χ1n) is 6.42. The zero-order valence-electron chi connectivity index (χ0n) is 11.3. The molecule has 0 aliphatic heterocycles. The molecule has 0 fully saturated rings. The molecule has 0 spiro atoms. The number of nitrogens with one attached hydrogen (secondary N) is 1. The van der Waals surface area contributed by atoms with E-state index in [0.29, 0.717) is 15.9 Å². The molecule has 0 bridgehead atoms. The quantitative estimate of drug-likeness (QED) is 0.703. The lowest BCUT2D eigenvalue weighted by molar-refractivity contribution is 1.10. The number of H-pyrrole nitrogens is 1. The highest BCUT2D eigenvalue weighted by atomic mass is 35.5. The second kappa shape index (κ2) is 5.43. The summed E-state index contributed by atoms with van der Waals surface area (Å²) in [6.07, 6.45) is 0. The van der Waals surface area contributed by atoms with Gasteiger partial charge in [0, 0.05) is 10.6 Å². The smallest absolute Gasteiger partial charge is 0.153 e. The molecule has 0 saturated carbocycles. The molecule has 3 N–H and O–H groups in total. The molecule has 3 nitrogen and oxygen atoms in total. The SMILES string of the molecule is Cc1ccc(-c2c(N)n[nH]c2-c2ccc(Cl)cc2Cl)cc1. The molecule has 106 valence electrons. The van der Waals surface area contributed by atoms with Gasteiger partial charge in [-0.05, 0) is 30.7 Å². The minimum absolute atomic E-state index is 0.444. The summed E-state index contributed by atoms with van der Waals surface area (Å²) in [5, 5.41) is 8.22. The fraction of sp³-hybridized carbons (Fsp3) is 0.0625. The van der Waals surface area contributed by atoms with Crippen LogP contribution < -0.4 is 5.73 Å². The molecule has 1 heterocycles. The Morgan fingerprint density at radius 1 is 1.05 bits per heavy atom. The molecule has 1 aromatic heterocycles. The van der Waals surface area contributed by atoms with E-state index in [0.717, 1.165) is 22.4 Å². The molecule has 3 rings (SSSR count). The van der Waals surface area contributed by atoms with Gasteiger partial charge in [-0.15, -0.1) is 0 Å². The summed E-state index contributed by atoms with van der Waals surface area (Å²) in [6, 6.07) is 13.5. The monoisotopic (exact) mass is 317 g/mol. The van der Waals surface area contributed by atoms with E-state index in [1.54, 1.807) is 12.1 Å². The Hall–Kier alpha value is -1.97. The van der Waals surface area contributed by atoms with Crippen LogP contribution in [0.2, 0.25) is 10.0 Å². The second-order valence-corrected chi connectivity index (χ2v) is 5.69. The van der Waals surface area contributed by atoms with Crippen LogP contribution >= 0.6 is 23.2 Å². The van der Waals surface area contributed by atoms with Crippen LogP contribution in [0.25, 0.3) is 22.4 Å². The maximum Gasteiger partial charge on any atom is 0.153 e. The number of rotatable bonds is 2. The lowest BCUT2D eigenvalue weighted by Gasteiger charge is -2.07. The van der Waals surface area contributed by atoms with Gasteiger partial charge in [0.15, 0.2) is 5.82 Å². The Morgan fingerprint density at radius 2 is 1.76 bits per heavy atom. The van der Waals surface area contributed by atoms with Crippen LogP contribution in [0.3, 0.4) is 0 Å². The van der Waals surface area contributed by atoms with Gasteiger partial charge in [0.2, 0.25) is 0 Å². The molecule has 0 saturated heterocycles. The van der Waals surface area contributed by atoms with E-state index in [4.69, 9.17) is 28.9 Å². The van der Waals surface area contributed by atoms with E-state index < -0.39 is 0 Å². The third-order valence-electron chi connectivity index (χ3n) is 3.34. The maximum absolute atomic E-state index is 6.28. The average Bonchev–Trinajstić information content (AvgIpc) is 2.82. The number of aromatic nitrogens is 2. The van der Waals surface area contributed by atoms with Crippen LogP contribution in [-0.2, 0) is 0 Å². The third kappa shape index (κ3) is 2.62. The van der Waals surface area contributed by atoms with Gasteiger partial charge in [0.05, 0.1) is 16.3 Å². The molecular weight excluding hydrogens is 305 g/mol. The summed E-state index contributed by atoms with van der Waals surface area (Å²) in [6.45, 7) is 2.04. The summed E-state index contributed by atoms with van der Waals surface area (Å²) in [5.74, 6) is 0.444. The first-order chi connectivity index (χ1) is 10.1. The van der Waals surface area contributed by atoms with Crippen molar-refractivity contribution in [2.24, 2.45) is 0 Å². The maximum atomic E-state index is 6.28. The fourth-order valence-electron chi connectivity index (χ4n) is 2.26. The van der Waals surface area contributed by atoms with Gasteiger partial charge >= 0.3 is 0 Å². The van der Waals surface area contributed by atoms with Crippen molar-refractivity contribution in [1.82, 2.24) is 10.2 Å². The standard InChI is InChI=1S/C16H13Cl2N3/c1-9-2-4-10(5-3-9)14-15(20-21-16(14)19)12-7-6-11(17)8-13(12)18/h2-8H,1H3,(H3,19,20,21). The van der Waals surface area contributed by atoms with E-state index in [1.165, 1.54) is 5.56 Å².